The fourth-order valence-electron chi connectivity index (χ4n) is 2.02. The van der Waals surface area contributed by atoms with Gasteiger partial charge in [-0.2, -0.15) is 0 Å². The van der Waals surface area contributed by atoms with Crippen molar-refractivity contribution < 1.29 is 17.9 Å². The molecule has 0 unspecified atom stereocenters. The lowest BCUT2D eigenvalue weighted by Crippen LogP contribution is -2.13. The topological polar surface area (TPSA) is 71.3 Å². The molecule has 1 heterocycles. The predicted octanol–water partition coefficient (Wildman–Crippen LogP) is 2.25. The van der Waals surface area contributed by atoms with Gasteiger partial charge in [-0.1, -0.05) is 6.07 Å². The molecule has 0 bridgehead atoms. The highest BCUT2D eigenvalue weighted by Gasteiger charge is 2.19. The first-order valence-electron chi connectivity index (χ1n) is 6.46. The van der Waals surface area contributed by atoms with E-state index in [-0.39, 0.29) is 17.2 Å². The number of rotatable bonds is 5. The third-order valence-corrected chi connectivity index (χ3v) is 4.47. The van der Waals surface area contributed by atoms with Crippen LogP contribution in [0.5, 0.6) is 0 Å². The summed E-state index contributed by atoms with van der Waals surface area (Å²) in [6.45, 7) is 3.85. The fraction of sp³-hybridized carbons (Fsp3) is 0.286. The Kier molecular flexibility index (Phi) is 4.34. The van der Waals surface area contributed by atoms with Gasteiger partial charge in [0.2, 0.25) is 0 Å². The normalized spacial score (nSPS) is 11.6. The van der Waals surface area contributed by atoms with Gasteiger partial charge in [-0.25, -0.2) is 12.8 Å². The lowest BCUT2D eigenvalue weighted by Gasteiger charge is -2.08. The number of nitrogens with zero attached hydrogens (tertiary/aromatic N) is 1. The Morgan fingerprint density at radius 3 is 2.62 bits per heavy atom. The Bertz CT molecular complexity index is 732. The Balaban J connectivity index is 2.38. The molecule has 5 nitrogen and oxygen atoms in total. The Labute approximate surface area is 123 Å². The maximum atomic E-state index is 13.7. The summed E-state index contributed by atoms with van der Waals surface area (Å²) in [7, 11) is -3.90. The Morgan fingerprint density at radius 1 is 1.33 bits per heavy atom. The van der Waals surface area contributed by atoms with Gasteiger partial charge in [0.15, 0.2) is 0 Å². The summed E-state index contributed by atoms with van der Waals surface area (Å²) in [5, 5.41) is 9.20. The molecule has 0 fully saturated rings. The summed E-state index contributed by atoms with van der Waals surface area (Å²) in [6, 6.07) is 5.57. The molecule has 0 saturated carbocycles. The molecule has 0 saturated heterocycles. The average Bonchev–Trinajstić information content (AvgIpc) is 2.86. The van der Waals surface area contributed by atoms with E-state index in [1.807, 2.05) is 6.92 Å². The van der Waals surface area contributed by atoms with E-state index >= 15 is 0 Å². The maximum absolute atomic E-state index is 13.7. The van der Waals surface area contributed by atoms with Crippen molar-refractivity contribution in [2.45, 2.75) is 31.9 Å². The summed E-state index contributed by atoms with van der Waals surface area (Å²) >= 11 is 0. The molecule has 0 aliphatic carbocycles. The zero-order valence-corrected chi connectivity index (χ0v) is 12.6. The van der Waals surface area contributed by atoms with Crippen LogP contribution in [0, 0.1) is 12.7 Å². The highest BCUT2D eigenvalue weighted by atomic mass is 32.2. The molecule has 0 radical (unpaired) electrons. The van der Waals surface area contributed by atoms with Crippen LogP contribution in [0.4, 0.5) is 10.1 Å². The quantitative estimate of drug-likeness (QED) is 0.889. The van der Waals surface area contributed by atoms with Crippen molar-refractivity contribution in [3.05, 3.63) is 47.5 Å². The van der Waals surface area contributed by atoms with Gasteiger partial charge in [0.25, 0.3) is 10.0 Å². The number of aryl methyl sites for hydroxylation is 2. The van der Waals surface area contributed by atoms with Gasteiger partial charge in [-0.05, 0) is 37.6 Å². The SMILES string of the molecule is CCn1cc(S(=O)(=O)Nc2cc(C)ccc2F)cc1CO. The maximum Gasteiger partial charge on any atom is 0.263 e. The molecular formula is C14H17FN2O3S. The molecule has 21 heavy (non-hydrogen) atoms. The second-order valence-corrected chi connectivity index (χ2v) is 6.38. The van der Waals surface area contributed by atoms with Gasteiger partial charge in [0, 0.05) is 18.4 Å². The first-order valence-corrected chi connectivity index (χ1v) is 7.94. The van der Waals surface area contributed by atoms with Crippen LogP contribution in [-0.2, 0) is 23.2 Å². The molecule has 1 aromatic heterocycles. The highest BCUT2D eigenvalue weighted by Crippen LogP contribution is 2.22. The van der Waals surface area contributed by atoms with Gasteiger partial charge in [-0.3, -0.25) is 4.72 Å². The lowest BCUT2D eigenvalue weighted by molar-refractivity contribution is 0.271. The van der Waals surface area contributed by atoms with Crippen molar-refractivity contribution in [2.75, 3.05) is 4.72 Å². The average molecular weight is 312 g/mol. The Morgan fingerprint density at radius 2 is 2.05 bits per heavy atom. The zero-order chi connectivity index (χ0) is 15.6. The molecule has 0 amide bonds. The molecule has 0 atom stereocenters. The van der Waals surface area contributed by atoms with E-state index in [1.54, 1.807) is 17.6 Å². The number of halogens is 1. The second-order valence-electron chi connectivity index (χ2n) is 4.70. The Hall–Kier alpha value is -1.86. The number of benzene rings is 1. The summed E-state index contributed by atoms with van der Waals surface area (Å²) in [5.74, 6) is -0.638. The van der Waals surface area contributed by atoms with Gasteiger partial charge >= 0.3 is 0 Å². The minimum absolute atomic E-state index is 0.00527. The molecule has 1 aromatic carbocycles. The predicted molar refractivity (Wildman–Crippen MR) is 78.0 cm³/mol. The van der Waals surface area contributed by atoms with Crippen molar-refractivity contribution in [3.63, 3.8) is 0 Å². The van der Waals surface area contributed by atoms with Gasteiger partial charge in [-0.15, -0.1) is 0 Å². The van der Waals surface area contributed by atoms with Crippen LogP contribution in [-0.4, -0.2) is 18.1 Å². The summed E-state index contributed by atoms with van der Waals surface area (Å²) in [5.41, 5.74) is 1.14. The largest absolute Gasteiger partial charge is 0.390 e. The van der Waals surface area contributed by atoms with Gasteiger partial charge < -0.3 is 9.67 Å². The summed E-state index contributed by atoms with van der Waals surface area (Å²) < 4.78 is 42.1. The smallest absolute Gasteiger partial charge is 0.263 e. The van der Waals surface area contributed by atoms with Crippen molar-refractivity contribution in [3.8, 4) is 0 Å². The van der Waals surface area contributed by atoms with Crippen LogP contribution in [0.3, 0.4) is 0 Å². The minimum Gasteiger partial charge on any atom is -0.390 e. The van der Waals surface area contributed by atoms with E-state index in [0.29, 0.717) is 12.2 Å². The summed E-state index contributed by atoms with van der Waals surface area (Å²) in [4.78, 5) is -0.00527. The first kappa shape index (κ1) is 15.5. The van der Waals surface area contributed by atoms with Crippen molar-refractivity contribution in [2.24, 2.45) is 0 Å². The third-order valence-electron chi connectivity index (χ3n) is 3.14. The molecular weight excluding hydrogens is 295 g/mol. The van der Waals surface area contributed by atoms with Crippen LogP contribution in [0.1, 0.15) is 18.2 Å². The lowest BCUT2D eigenvalue weighted by atomic mass is 10.2. The number of anilines is 1. The van der Waals surface area contributed by atoms with Gasteiger partial charge in [0.1, 0.15) is 10.7 Å². The van der Waals surface area contributed by atoms with E-state index < -0.39 is 15.8 Å². The van der Waals surface area contributed by atoms with E-state index in [9.17, 15) is 17.9 Å². The van der Waals surface area contributed by atoms with Crippen LogP contribution in [0.25, 0.3) is 0 Å². The number of aliphatic hydroxyl groups excluding tert-OH is 1. The monoisotopic (exact) mass is 312 g/mol. The number of aromatic nitrogens is 1. The molecule has 7 heteroatoms. The molecule has 2 N–H and O–H groups in total. The van der Waals surface area contributed by atoms with Crippen LogP contribution in [0.15, 0.2) is 35.4 Å². The van der Waals surface area contributed by atoms with E-state index in [2.05, 4.69) is 4.72 Å². The highest BCUT2D eigenvalue weighted by molar-refractivity contribution is 7.92. The zero-order valence-electron chi connectivity index (χ0n) is 11.8. The summed E-state index contributed by atoms with van der Waals surface area (Å²) in [6.07, 6.45) is 1.42. The first-order chi connectivity index (χ1) is 9.87. The van der Waals surface area contributed by atoms with Crippen molar-refractivity contribution >= 4 is 15.7 Å². The van der Waals surface area contributed by atoms with E-state index in [4.69, 9.17) is 0 Å². The molecule has 114 valence electrons. The van der Waals surface area contributed by atoms with Gasteiger partial charge in [0.05, 0.1) is 12.3 Å². The van der Waals surface area contributed by atoms with E-state index in [1.165, 1.54) is 24.4 Å². The number of aliphatic hydroxyl groups is 1. The molecule has 0 aliphatic heterocycles. The fourth-order valence-corrected chi connectivity index (χ4v) is 3.14. The number of nitrogens with one attached hydrogen (secondary N) is 1. The molecule has 0 spiro atoms. The number of hydrogen-bond donors (Lipinski definition) is 2. The van der Waals surface area contributed by atoms with Crippen LogP contribution >= 0.6 is 0 Å². The van der Waals surface area contributed by atoms with E-state index in [0.717, 1.165) is 5.56 Å². The number of hydrogen-bond acceptors (Lipinski definition) is 3. The molecule has 0 aliphatic rings. The van der Waals surface area contributed by atoms with Crippen molar-refractivity contribution in [1.82, 2.24) is 4.57 Å². The van der Waals surface area contributed by atoms with Crippen LogP contribution in [0.2, 0.25) is 0 Å². The second kappa shape index (κ2) is 5.87. The van der Waals surface area contributed by atoms with Crippen LogP contribution < -0.4 is 4.72 Å². The number of sulfonamides is 1. The minimum atomic E-state index is -3.90. The molecule has 2 aromatic rings. The van der Waals surface area contributed by atoms with Crippen molar-refractivity contribution in [1.29, 1.82) is 0 Å². The standard InChI is InChI=1S/C14H17FN2O3S/c1-3-17-8-12(7-11(17)9-18)21(19,20)16-14-6-10(2)4-5-13(14)15/h4-8,16,18H,3,9H2,1-2H3. The molecule has 2 rings (SSSR count). The third kappa shape index (κ3) is 3.25.